The standard InChI is InChI=1S/C14H21NO4/c1-4-15(9-5-6-14(17)19-3)12-10-11(16)7-8-13(12)18-2/h7-8,10,16H,4-6,9H2,1-3H3. The van der Waals surface area contributed by atoms with E-state index in [0.717, 1.165) is 12.2 Å². The molecular weight excluding hydrogens is 246 g/mol. The lowest BCUT2D eigenvalue weighted by atomic mass is 10.2. The van der Waals surface area contributed by atoms with Gasteiger partial charge in [0.2, 0.25) is 0 Å². The molecule has 0 unspecified atom stereocenters. The number of esters is 1. The molecule has 5 heteroatoms. The average molecular weight is 267 g/mol. The number of aromatic hydroxyl groups is 1. The van der Waals surface area contributed by atoms with Crippen molar-refractivity contribution in [2.24, 2.45) is 0 Å². The van der Waals surface area contributed by atoms with Gasteiger partial charge < -0.3 is 19.5 Å². The lowest BCUT2D eigenvalue weighted by Gasteiger charge is -2.25. The van der Waals surface area contributed by atoms with E-state index in [2.05, 4.69) is 9.64 Å². The number of phenols is 1. The van der Waals surface area contributed by atoms with Crippen LogP contribution in [0.4, 0.5) is 5.69 Å². The van der Waals surface area contributed by atoms with E-state index in [-0.39, 0.29) is 11.7 Å². The third-order valence-corrected chi connectivity index (χ3v) is 2.92. The lowest BCUT2D eigenvalue weighted by Crippen LogP contribution is -2.25. The van der Waals surface area contributed by atoms with E-state index in [1.807, 2.05) is 6.92 Å². The Morgan fingerprint density at radius 1 is 1.37 bits per heavy atom. The van der Waals surface area contributed by atoms with Crippen molar-refractivity contribution in [1.82, 2.24) is 0 Å². The maximum atomic E-state index is 11.1. The third-order valence-electron chi connectivity index (χ3n) is 2.92. The summed E-state index contributed by atoms with van der Waals surface area (Å²) in [5.41, 5.74) is 0.829. The summed E-state index contributed by atoms with van der Waals surface area (Å²) < 4.78 is 9.90. The second-order valence-electron chi connectivity index (χ2n) is 4.12. The number of rotatable bonds is 7. The Hall–Kier alpha value is -1.91. The first kappa shape index (κ1) is 15.1. The average Bonchev–Trinajstić information content (AvgIpc) is 2.43. The van der Waals surface area contributed by atoms with Gasteiger partial charge in [-0.25, -0.2) is 0 Å². The fraction of sp³-hybridized carbons (Fsp3) is 0.500. The number of carbonyl (C=O) groups is 1. The summed E-state index contributed by atoms with van der Waals surface area (Å²) in [7, 11) is 2.98. The van der Waals surface area contributed by atoms with Gasteiger partial charge >= 0.3 is 5.97 Å². The number of benzene rings is 1. The van der Waals surface area contributed by atoms with Crippen molar-refractivity contribution in [1.29, 1.82) is 0 Å². The van der Waals surface area contributed by atoms with E-state index in [1.54, 1.807) is 25.3 Å². The molecule has 0 aliphatic heterocycles. The number of carbonyl (C=O) groups excluding carboxylic acids is 1. The Kier molecular flexibility index (Phi) is 5.99. The summed E-state index contributed by atoms with van der Waals surface area (Å²) in [5.74, 6) is 0.693. The molecule has 106 valence electrons. The first-order chi connectivity index (χ1) is 9.12. The summed E-state index contributed by atoms with van der Waals surface area (Å²) in [6.45, 7) is 3.48. The van der Waals surface area contributed by atoms with Gasteiger partial charge in [0.05, 0.1) is 19.9 Å². The number of phenolic OH excluding ortho intramolecular Hbond substituents is 1. The zero-order valence-electron chi connectivity index (χ0n) is 11.7. The summed E-state index contributed by atoms with van der Waals surface area (Å²) in [5, 5.41) is 9.57. The summed E-state index contributed by atoms with van der Waals surface area (Å²) in [6, 6.07) is 4.98. The van der Waals surface area contributed by atoms with E-state index in [0.29, 0.717) is 25.1 Å². The van der Waals surface area contributed by atoms with Crippen LogP contribution >= 0.6 is 0 Å². The summed E-state index contributed by atoms with van der Waals surface area (Å²) in [4.78, 5) is 13.1. The number of hydrogen-bond acceptors (Lipinski definition) is 5. The predicted molar refractivity (Wildman–Crippen MR) is 73.8 cm³/mol. The van der Waals surface area contributed by atoms with Crippen LogP contribution in [0.5, 0.6) is 11.5 Å². The Morgan fingerprint density at radius 3 is 2.68 bits per heavy atom. The van der Waals surface area contributed by atoms with Crippen molar-refractivity contribution in [2.75, 3.05) is 32.2 Å². The van der Waals surface area contributed by atoms with Gasteiger partial charge in [-0.2, -0.15) is 0 Å². The molecule has 0 aliphatic rings. The Morgan fingerprint density at radius 2 is 2.11 bits per heavy atom. The molecule has 1 aromatic carbocycles. The predicted octanol–water partition coefficient (Wildman–Crippen LogP) is 2.18. The van der Waals surface area contributed by atoms with Gasteiger partial charge in [-0.1, -0.05) is 0 Å². The quantitative estimate of drug-likeness (QED) is 0.767. The largest absolute Gasteiger partial charge is 0.508 e. The summed E-state index contributed by atoms with van der Waals surface area (Å²) >= 11 is 0. The Balaban J connectivity index is 2.73. The molecule has 1 aromatic rings. The molecule has 0 aromatic heterocycles. The van der Waals surface area contributed by atoms with Crippen LogP contribution in [0.25, 0.3) is 0 Å². The molecule has 0 saturated heterocycles. The maximum Gasteiger partial charge on any atom is 0.305 e. The minimum Gasteiger partial charge on any atom is -0.508 e. The van der Waals surface area contributed by atoms with Crippen LogP contribution in [0, 0.1) is 0 Å². The minimum absolute atomic E-state index is 0.196. The Bertz CT molecular complexity index is 420. The van der Waals surface area contributed by atoms with E-state index in [9.17, 15) is 9.90 Å². The highest BCUT2D eigenvalue weighted by Gasteiger charge is 2.12. The SMILES string of the molecule is CCN(CCCC(=O)OC)c1cc(O)ccc1OC. The molecular formula is C14H21NO4. The van der Waals surface area contributed by atoms with Gasteiger partial charge in [0, 0.05) is 25.6 Å². The molecule has 1 rings (SSSR count). The van der Waals surface area contributed by atoms with Gasteiger partial charge in [0.25, 0.3) is 0 Å². The number of ether oxygens (including phenoxy) is 2. The van der Waals surface area contributed by atoms with Gasteiger partial charge in [-0.3, -0.25) is 4.79 Å². The molecule has 0 saturated carbocycles. The topological polar surface area (TPSA) is 59.0 Å². The van der Waals surface area contributed by atoms with Gasteiger partial charge in [-0.15, -0.1) is 0 Å². The molecule has 1 N–H and O–H groups in total. The first-order valence-corrected chi connectivity index (χ1v) is 6.31. The number of hydrogen-bond donors (Lipinski definition) is 1. The van der Waals surface area contributed by atoms with Gasteiger partial charge in [-0.05, 0) is 25.5 Å². The molecule has 19 heavy (non-hydrogen) atoms. The van der Waals surface area contributed by atoms with E-state index >= 15 is 0 Å². The molecule has 5 nitrogen and oxygen atoms in total. The van der Waals surface area contributed by atoms with E-state index < -0.39 is 0 Å². The molecule has 0 heterocycles. The van der Waals surface area contributed by atoms with Crippen LogP contribution in [0.1, 0.15) is 19.8 Å². The third kappa shape index (κ3) is 4.35. The zero-order chi connectivity index (χ0) is 14.3. The lowest BCUT2D eigenvalue weighted by molar-refractivity contribution is -0.140. The van der Waals surface area contributed by atoms with Crippen molar-refractivity contribution in [2.45, 2.75) is 19.8 Å². The van der Waals surface area contributed by atoms with Crippen molar-refractivity contribution in [3.63, 3.8) is 0 Å². The fourth-order valence-electron chi connectivity index (χ4n) is 1.89. The summed E-state index contributed by atoms with van der Waals surface area (Å²) in [6.07, 6.45) is 1.08. The zero-order valence-corrected chi connectivity index (χ0v) is 11.7. The molecule has 0 amide bonds. The van der Waals surface area contributed by atoms with Crippen molar-refractivity contribution >= 4 is 11.7 Å². The molecule has 0 spiro atoms. The minimum atomic E-state index is -0.209. The molecule has 0 bridgehead atoms. The van der Waals surface area contributed by atoms with Gasteiger partial charge in [0.15, 0.2) is 0 Å². The van der Waals surface area contributed by atoms with Crippen LogP contribution in [-0.4, -0.2) is 38.4 Å². The van der Waals surface area contributed by atoms with Crippen molar-refractivity contribution < 1.29 is 19.4 Å². The monoisotopic (exact) mass is 267 g/mol. The molecule has 0 aliphatic carbocycles. The van der Waals surface area contributed by atoms with Crippen LogP contribution < -0.4 is 9.64 Å². The number of methoxy groups -OCH3 is 2. The van der Waals surface area contributed by atoms with E-state index in [1.165, 1.54) is 7.11 Å². The van der Waals surface area contributed by atoms with E-state index in [4.69, 9.17) is 4.74 Å². The smallest absolute Gasteiger partial charge is 0.305 e. The second-order valence-corrected chi connectivity index (χ2v) is 4.12. The number of anilines is 1. The Labute approximate surface area is 113 Å². The first-order valence-electron chi connectivity index (χ1n) is 6.31. The van der Waals surface area contributed by atoms with Crippen LogP contribution in [-0.2, 0) is 9.53 Å². The highest BCUT2D eigenvalue weighted by Crippen LogP contribution is 2.31. The van der Waals surface area contributed by atoms with Crippen molar-refractivity contribution in [3.05, 3.63) is 18.2 Å². The molecule has 0 radical (unpaired) electrons. The van der Waals surface area contributed by atoms with Crippen LogP contribution in [0.15, 0.2) is 18.2 Å². The maximum absolute atomic E-state index is 11.1. The number of nitrogens with zero attached hydrogens (tertiary/aromatic N) is 1. The second kappa shape index (κ2) is 7.51. The van der Waals surface area contributed by atoms with Crippen LogP contribution in [0.2, 0.25) is 0 Å². The highest BCUT2D eigenvalue weighted by molar-refractivity contribution is 5.69. The fourth-order valence-corrected chi connectivity index (χ4v) is 1.89. The normalized spacial score (nSPS) is 10.1. The molecule has 0 fully saturated rings. The molecule has 0 atom stereocenters. The van der Waals surface area contributed by atoms with Gasteiger partial charge in [0.1, 0.15) is 11.5 Å². The highest BCUT2D eigenvalue weighted by atomic mass is 16.5. The van der Waals surface area contributed by atoms with Crippen LogP contribution in [0.3, 0.4) is 0 Å². The van der Waals surface area contributed by atoms with Crippen molar-refractivity contribution in [3.8, 4) is 11.5 Å².